The summed E-state index contributed by atoms with van der Waals surface area (Å²) in [5.74, 6) is -0.0426. The van der Waals surface area contributed by atoms with Crippen LogP contribution in [0.1, 0.15) is 12.8 Å². The van der Waals surface area contributed by atoms with Crippen LogP contribution < -0.4 is 9.64 Å². The van der Waals surface area contributed by atoms with Crippen LogP contribution in [0.2, 0.25) is 0 Å². The van der Waals surface area contributed by atoms with Gasteiger partial charge in [-0.2, -0.15) is 0 Å². The lowest BCUT2D eigenvalue weighted by molar-refractivity contribution is -0.142. The SMILES string of the molecule is COc1ncc(-c2ccc3nc(N4CCC(C(=O)O)CC4)ccc3c2)cn1. The highest BCUT2D eigenvalue weighted by atomic mass is 16.5. The molecule has 0 saturated carbocycles. The summed E-state index contributed by atoms with van der Waals surface area (Å²) in [6, 6.07) is 10.4. The van der Waals surface area contributed by atoms with Gasteiger partial charge in [-0.15, -0.1) is 0 Å². The predicted octanol–water partition coefficient (Wildman–Crippen LogP) is 3.00. The van der Waals surface area contributed by atoms with Gasteiger partial charge in [0.2, 0.25) is 0 Å². The number of ether oxygens (including phenoxy) is 1. The van der Waals surface area contributed by atoms with Gasteiger partial charge in [0.1, 0.15) is 5.82 Å². The standard InChI is InChI=1S/C20H20N4O3/c1-27-20-21-11-16(12-22-20)14-2-4-17-15(10-14)3-5-18(23-17)24-8-6-13(7-9-24)19(25)26/h2-5,10-13H,6-9H2,1H3,(H,25,26). The van der Waals surface area contributed by atoms with Crippen molar-refractivity contribution in [1.82, 2.24) is 15.0 Å². The van der Waals surface area contributed by atoms with Gasteiger partial charge in [0.25, 0.3) is 0 Å². The number of aliphatic carboxylic acids is 1. The van der Waals surface area contributed by atoms with Crippen molar-refractivity contribution in [2.45, 2.75) is 12.8 Å². The maximum atomic E-state index is 11.1. The van der Waals surface area contributed by atoms with Crippen molar-refractivity contribution < 1.29 is 14.6 Å². The molecule has 1 aliphatic rings. The number of carboxylic acid groups (broad SMARTS) is 1. The number of hydrogen-bond acceptors (Lipinski definition) is 6. The van der Waals surface area contributed by atoms with Gasteiger partial charge in [0.15, 0.2) is 0 Å². The average molecular weight is 364 g/mol. The summed E-state index contributed by atoms with van der Waals surface area (Å²) in [6.45, 7) is 1.44. The largest absolute Gasteiger partial charge is 0.481 e. The molecule has 0 amide bonds. The van der Waals surface area contributed by atoms with Crippen LogP contribution in [0.5, 0.6) is 6.01 Å². The number of benzene rings is 1. The minimum absolute atomic E-state index is 0.240. The number of fused-ring (bicyclic) bond motifs is 1. The van der Waals surface area contributed by atoms with E-state index >= 15 is 0 Å². The van der Waals surface area contributed by atoms with Crippen molar-refractivity contribution in [1.29, 1.82) is 0 Å². The Balaban J connectivity index is 1.56. The zero-order valence-corrected chi connectivity index (χ0v) is 15.0. The van der Waals surface area contributed by atoms with Crippen molar-refractivity contribution in [2.24, 2.45) is 5.92 Å². The Labute approximate surface area is 156 Å². The second-order valence-corrected chi connectivity index (χ2v) is 6.63. The number of piperidine rings is 1. The number of hydrogen-bond donors (Lipinski definition) is 1. The Kier molecular flexibility index (Phi) is 4.58. The average Bonchev–Trinajstić information content (AvgIpc) is 2.73. The van der Waals surface area contributed by atoms with Crippen molar-refractivity contribution in [3.8, 4) is 17.1 Å². The summed E-state index contributed by atoms with van der Waals surface area (Å²) in [4.78, 5) is 26.3. The van der Waals surface area contributed by atoms with E-state index in [1.54, 1.807) is 19.5 Å². The van der Waals surface area contributed by atoms with Gasteiger partial charge in [0.05, 0.1) is 18.5 Å². The summed E-state index contributed by atoms with van der Waals surface area (Å²) >= 11 is 0. The fraction of sp³-hybridized carbons (Fsp3) is 0.300. The van der Waals surface area contributed by atoms with E-state index in [-0.39, 0.29) is 5.92 Å². The fourth-order valence-corrected chi connectivity index (χ4v) is 3.40. The van der Waals surface area contributed by atoms with Gasteiger partial charge in [-0.25, -0.2) is 15.0 Å². The monoisotopic (exact) mass is 364 g/mol. The van der Waals surface area contributed by atoms with Crippen LogP contribution in [-0.4, -0.2) is 46.2 Å². The van der Waals surface area contributed by atoms with Gasteiger partial charge in [0, 0.05) is 36.4 Å². The lowest BCUT2D eigenvalue weighted by atomic mass is 9.97. The molecule has 27 heavy (non-hydrogen) atoms. The third kappa shape index (κ3) is 3.53. The molecule has 0 unspecified atom stereocenters. The molecule has 7 nitrogen and oxygen atoms in total. The van der Waals surface area contributed by atoms with E-state index in [1.807, 2.05) is 18.2 Å². The van der Waals surface area contributed by atoms with E-state index in [4.69, 9.17) is 14.8 Å². The second kappa shape index (κ2) is 7.19. The molecule has 0 atom stereocenters. The van der Waals surface area contributed by atoms with Crippen LogP contribution >= 0.6 is 0 Å². The number of aromatic nitrogens is 3. The number of methoxy groups -OCH3 is 1. The molecule has 4 rings (SSSR count). The number of carboxylic acids is 1. The molecule has 1 saturated heterocycles. The molecule has 0 bridgehead atoms. The molecular formula is C20H20N4O3. The minimum atomic E-state index is -0.698. The lowest BCUT2D eigenvalue weighted by Gasteiger charge is -2.31. The van der Waals surface area contributed by atoms with Crippen LogP contribution in [0.3, 0.4) is 0 Å². The zero-order chi connectivity index (χ0) is 18.8. The van der Waals surface area contributed by atoms with E-state index in [2.05, 4.69) is 27.0 Å². The highest BCUT2D eigenvalue weighted by Crippen LogP contribution is 2.27. The van der Waals surface area contributed by atoms with E-state index < -0.39 is 5.97 Å². The molecular weight excluding hydrogens is 344 g/mol. The Morgan fingerprint density at radius 3 is 2.52 bits per heavy atom. The Morgan fingerprint density at radius 2 is 1.85 bits per heavy atom. The smallest absolute Gasteiger partial charge is 0.316 e. The molecule has 7 heteroatoms. The van der Waals surface area contributed by atoms with Gasteiger partial charge < -0.3 is 14.7 Å². The number of pyridine rings is 1. The second-order valence-electron chi connectivity index (χ2n) is 6.63. The number of carbonyl (C=O) groups is 1. The third-order valence-corrected chi connectivity index (χ3v) is 4.99. The van der Waals surface area contributed by atoms with Crippen molar-refractivity contribution in [3.05, 3.63) is 42.7 Å². The van der Waals surface area contributed by atoms with Gasteiger partial charge >= 0.3 is 12.0 Å². The molecule has 1 fully saturated rings. The molecule has 2 aromatic heterocycles. The first-order chi connectivity index (χ1) is 13.1. The summed E-state index contributed by atoms with van der Waals surface area (Å²) in [7, 11) is 1.54. The molecule has 138 valence electrons. The molecule has 1 aliphatic heterocycles. The minimum Gasteiger partial charge on any atom is -0.481 e. The van der Waals surface area contributed by atoms with Crippen molar-refractivity contribution in [3.63, 3.8) is 0 Å². The summed E-state index contributed by atoms with van der Waals surface area (Å²) in [5.41, 5.74) is 2.84. The normalized spacial score (nSPS) is 15.1. The fourth-order valence-electron chi connectivity index (χ4n) is 3.40. The van der Waals surface area contributed by atoms with Crippen molar-refractivity contribution >= 4 is 22.7 Å². The van der Waals surface area contributed by atoms with E-state index in [0.717, 1.165) is 40.9 Å². The van der Waals surface area contributed by atoms with E-state index in [0.29, 0.717) is 18.9 Å². The molecule has 1 N–H and O–H groups in total. The Hall–Kier alpha value is -3.22. The zero-order valence-electron chi connectivity index (χ0n) is 15.0. The van der Waals surface area contributed by atoms with Crippen LogP contribution in [-0.2, 0) is 4.79 Å². The molecule has 0 aliphatic carbocycles. The first-order valence-corrected chi connectivity index (χ1v) is 8.89. The van der Waals surface area contributed by atoms with E-state index in [1.165, 1.54) is 0 Å². The summed E-state index contributed by atoms with van der Waals surface area (Å²) in [6.07, 6.45) is 4.79. The summed E-state index contributed by atoms with van der Waals surface area (Å²) in [5, 5.41) is 10.2. The highest BCUT2D eigenvalue weighted by Gasteiger charge is 2.25. The maximum absolute atomic E-state index is 11.1. The van der Waals surface area contributed by atoms with Crippen molar-refractivity contribution in [2.75, 3.05) is 25.1 Å². The Bertz CT molecular complexity index is 967. The number of rotatable bonds is 4. The molecule has 0 radical (unpaired) electrons. The summed E-state index contributed by atoms with van der Waals surface area (Å²) < 4.78 is 5.00. The topological polar surface area (TPSA) is 88.4 Å². The first-order valence-electron chi connectivity index (χ1n) is 8.89. The highest BCUT2D eigenvalue weighted by molar-refractivity contribution is 5.85. The molecule has 3 aromatic rings. The maximum Gasteiger partial charge on any atom is 0.316 e. The van der Waals surface area contributed by atoms with Gasteiger partial charge in [-0.1, -0.05) is 6.07 Å². The first kappa shape index (κ1) is 17.2. The van der Waals surface area contributed by atoms with Crippen LogP contribution in [0.4, 0.5) is 5.82 Å². The quantitative estimate of drug-likeness (QED) is 0.761. The van der Waals surface area contributed by atoms with Crippen LogP contribution in [0, 0.1) is 5.92 Å². The predicted molar refractivity (Wildman–Crippen MR) is 102 cm³/mol. The van der Waals surface area contributed by atoms with Crippen LogP contribution in [0.15, 0.2) is 42.7 Å². The third-order valence-electron chi connectivity index (χ3n) is 4.99. The van der Waals surface area contributed by atoms with E-state index in [9.17, 15) is 4.79 Å². The van der Waals surface area contributed by atoms with Gasteiger partial charge in [-0.05, 0) is 42.7 Å². The molecule has 3 heterocycles. The molecule has 0 spiro atoms. The molecule has 1 aromatic carbocycles. The Morgan fingerprint density at radius 1 is 1.11 bits per heavy atom. The van der Waals surface area contributed by atoms with Gasteiger partial charge in [-0.3, -0.25) is 4.79 Å². The number of anilines is 1. The van der Waals surface area contributed by atoms with Crippen LogP contribution in [0.25, 0.3) is 22.0 Å². The number of nitrogens with zero attached hydrogens (tertiary/aromatic N) is 4. The lowest BCUT2D eigenvalue weighted by Crippen LogP contribution is -2.36.